The molecule has 0 radical (unpaired) electrons. The molecule has 0 fully saturated rings. The maximum Gasteiger partial charge on any atom is 0.258 e. The first-order valence-corrected chi connectivity index (χ1v) is 9.10. The molecule has 2 amide bonds. The molecule has 0 aromatic heterocycles. The molecule has 1 N–H and O–H groups in total. The predicted octanol–water partition coefficient (Wildman–Crippen LogP) is 4.65. The minimum Gasteiger partial charge on any atom is -0.322 e. The molecule has 1 heterocycles. The van der Waals surface area contributed by atoms with Crippen LogP contribution in [0.5, 0.6) is 0 Å². The number of nitrogens with one attached hydrogen (secondary N) is 1. The topological polar surface area (TPSA) is 49.4 Å². The van der Waals surface area contributed by atoms with E-state index in [1.807, 2.05) is 36.4 Å². The monoisotopic (exact) mass is 374 g/mol. The SMILES string of the molecule is CC(=O)N1CCc2ccc(NC(=O)c3cc(-c4ccccc4)ccc3F)cc21. The first kappa shape index (κ1) is 17.9. The highest BCUT2D eigenvalue weighted by atomic mass is 19.1. The first-order valence-electron chi connectivity index (χ1n) is 9.10. The summed E-state index contributed by atoms with van der Waals surface area (Å²) >= 11 is 0. The average Bonchev–Trinajstić information content (AvgIpc) is 3.12. The van der Waals surface area contributed by atoms with E-state index in [4.69, 9.17) is 0 Å². The Bertz CT molecular complexity index is 1060. The van der Waals surface area contributed by atoms with E-state index in [1.165, 1.54) is 13.0 Å². The second-order valence-electron chi connectivity index (χ2n) is 6.78. The summed E-state index contributed by atoms with van der Waals surface area (Å²) in [4.78, 5) is 26.2. The van der Waals surface area contributed by atoms with Gasteiger partial charge in [-0.15, -0.1) is 0 Å². The number of amides is 2. The standard InChI is InChI=1S/C23H19FN2O2/c1-15(27)26-12-11-17-7-9-19(14-22(17)26)25-23(28)20-13-18(8-10-21(20)24)16-5-3-2-4-6-16/h2-10,13-14H,11-12H2,1H3,(H,25,28). The number of benzene rings is 3. The van der Waals surface area contributed by atoms with Crippen molar-refractivity contribution in [3.8, 4) is 11.1 Å². The van der Waals surface area contributed by atoms with Gasteiger partial charge in [-0.1, -0.05) is 42.5 Å². The molecule has 0 saturated heterocycles. The fourth-order valence-electron chi connectivity index (χ4n) is 3.49. The molecule has 0 saturated carbocycles. The van der Waals surface area contributed by atoms with Crippen LogP contribution in [0.25, 0.3) is 11.1 Å². The number of hydrogen-bond acceptors (Lipinski definition) is 2. The van der Waals surface area contributed by atoms with Gasteiger partial charge < -0.3 is 10.2 Å². The molecule has 28 heavy (non-hydrogen) atoms. The number of fused-ring (bicyclic) bond motifs is 1. The Hall–Kier alpha value is -3.47. The molecule has 0 aliphatic carbocycles. The fourth-order valence-corrected chi connectivity index (χ4v) is 3.49. The van der Waals surface area contributed by atoms with Crippen LogP contribution in [0.15, 0.2) is 66.7 Å². The van der Waals surface area contributed by atoms with E-state index >= 15 is 0 Å². The van der Waals surface area contributed by atoms with E-state index in [0.29, 0.717) is 12.2 Å². The van der Waals surface area contributed by atoms with Gasteiger partial charge in [0, 0.05) is 24.8 Å². The molecular formula is C23H19FN2O2. The molecule has 1 aliphatic heterocycles. The van der Waals surface area contributed by atoms with Gasteiger partial charge in [-0.2, -0.15) is 0 Å². The van der Waals surface area contributed by atoms with Gasteiger partial charge in [0.15, 0.2) is 0 Å². The minimum absolute atomic E-state index is 0.0229. The Balaban J connectivity index is 1.61. The molecule has 1 aliphatic rings. The van der Waals surface area contributed by atoms with Gasteiger partial charge in [-0.05, 0) is 47.4 Å². The lowest BCUT2D eigenvalue weighted by Gasteiger charge is -2.16. The predicted molar refractivity (Wildman–Crippen MR) is 108 cm³/mol. The number of hydrogen-bond donors (Lipinski definition) is 1. The van der Waals surface area contributed by atoms with E-state index in [1.54, 1.807) is 29.2 Å². The molecule has 0 spiro atoms. The normalized spacial score (nSPS) is 12.6. The van der Waals surface area contributed by atoms with Crippen LogP contribution in [0, 0.1) is 5.82 Å². The quantitative estimate of drug-likeness (QED) is 0.725. The van der Waals surface area contributed by atoms with E-state index in [9.17, 15) is 14.0 Å². The summed E-state index contributed by atoms with van der Waals surface area (Å²) < 4.78 is 14.3. The molecule has 4 rings (SSSR count). The highest BCUT2D eigenvalue weighted by Crippen LogP contribution is 2.31. The second-order valence-corrected chi connectivity index (χ2v) is 6.78. The molecular weight excluding hydrogens is 355 g/mol. The lowest BCUT2D eigenvalue weighted by atomic mass is 10.0. The van der Waals surface area contributed by atoms with Crippen molar-refractivity contribution >= 4 is 23.2 Å². The minimum atomic E-state index is -0.580. The molecule has 4 nitrogen and oxygen atoms in total. The zero-order valence-electron chi connectivity index (χ0n) is 15.4. The van der Waals surface area contributed by atoms with Gasteiger partial charge in [0.2, 0.25) is 5.91 Å². The van der Waals surface area contributed by atoms with E-state index in [2.05, 4.69) is 5.32 Å². The Morgan fingerprint density at radius 2 is 1.75 bits per heavy atom. The van der Waals surface area contributed by atoms with Crippen molar-refractivity contribution < 1.29 is 14.0 Å². The summed E-state index contributed by atoms with van der Waals surface area (Å²) in [5.41, 5.74) is 4.04. The Labute approximate surface area is 162 Å². The fraction of sp³-hybridized carbons (Fsp3) is 0.130. The Kier molecular flexibility index (Phi) is 4.65. The van der Waals surface area contributed by atoms with Crippen LogP contribution >= 0.6 is 0 Å². The lowest BCUT2D eigenvalue weighted by molar-refractivity contribution is -0.116. The third-order valence-electron chi connectivity index (χ3n) is 4.94. The molecule has 0 bridgehead atoms. The van der Waals surface area contributed by atoms with Crippen molar-refractivity contribution in [3.63, 3.8) is 0 Å². The van der Waals surface area contributed by atoms with Gasteiger partial charge in [0.1, 0.15) is 5.82 Å². The molecule has 0 atom stereocenters. The second kappa shape index (κ2) is 7.27. The summed E-state index contributed by atoms with van der Waals surface area (Å²) in [6.45, 7) is 2.15. The molecule has 5 heteroatoms. The van der Waals surface area contributed by atoms with Gasteiger partial charge in [-0.3, -0.25) is 9.59 Å². The number of carbonyl (C=O) groups excluding carboxylic acids is 2. The zero-order chi connectivity index (χ0) is 19.7. The summed E-state index contributed by atoms with van der Waals surface area (Å²) in [5.74, 6) is -1.14. The summed E-state index contributed by atoms with van der Waals surface area (Å²) in [5, 5.41) is 2.75. The Morgan fingerprint density at radius 1 is 0.964 bits per heavy atom. The molecule has 140 valence electrons. The number of carbonyl (C=O) groups is 2. The van der Waals surface area contributed by atoms with Crippen molar-refractivity contribution in [2.45, 2.75) is 13.3 Å². The molecule has 3 aromatic carbocycles. The van der Waals surface area contributed by atoms with Crippen molar-refractivity contribution in [2.75, 3.05) is 16.8 Å². The third kappa shape index (κ3) is 3.39. The van der Waals surface area contributed by atoms with Crippen LogP contribution in [0.1, 0.15) is 22.8 Å². The van der Waals surface area contributed by atoms with Crippen LogP contribution in [-0.2, 0) is 11.2 Å². The number of anilines is 2. The van der Waals surface area contributed by atoms with E-state index in [-0.39, 0.29) is 11.5 Å². The summed E-state index contributed by atoms with van der Waals surface area (Å²) in [7, 11) is 0. The van der Waals surface area contributed by atoms with Crippen molar-refractivity contribution in [1.29, 1.82) is 0 Å². The van der Waals surface area contributed by atoms with E-state index < -0.39 is 11.7 Å². The number of rotatable bonds is 3. The number of halogens is 1. The van der Waals surface area contributed by atoms with Crippen molar-refractivity contribution in [3.05, 3.63) is 83.7 Å². The zero-order valence-corrected chi connectivity index (χ0v) is 15.4. The van der Waals surface area contributed by atoms with Crippen LogP contribution in [0.4, 0.5) is 15.8 Å². The van der Waals surface area contributed by atoms with Crippen LogP contribution < -0.4 is 10.2 Å². The maximum absolute atomic E-state index is 14.3. The van der Waals surface area contributed by atoms with Gasteiger partial charge in [-0.25, -0.2) is 4.39 Å². The average molecular weight is 374 g/mol. The highest BCUT2D eigenvalue weighted by Gasteiger charge is 2.23. The van der Waals surface area contributed by atoms with Gasteiger partial charge >= 0.3 is 0 Å². The van der Waals surface area contributed by atoms with Crippen molar-refractivity contribution in [1.82, 2.24) is 0 Å². The van der Waals surface area contributed by atoms with Gasteiger partial charge in [0.05, 0.1) is 5.56 Å². The summed E-state index contributed by atoms with van der Waals surface area (Å²) in [6, 6.07) is 19.4. The molecule has 0 unspecified atom stereocenters. The summed E-state index contributed by atoms with van der Waals surface area (Å²) in [6.07, 6.45) is 0.789. The van der Waals surface area contributed by atoms with Crippen LogP contribution in [0.2, 0.25) is 0 Å². The smallest absolute Gasteiger partial charge is 0.258 e. The highest BCUT2D eigenvalue weighted by molar-refractivity contribution is 6.06. The largest absolute Gasteiger partial charge is 0.322 e. The molecule has 3 aromatic rings. The van der Waals surface area contributed by atoms with Crippen LogP contribution in [0.3, 0.4) is 0 Å². The first-order chi connectivity index (χ1) is 13.5. The third-order valence-corrected chi connectivity index (χ3v) is 4.94. The van der Waals surface area contributed by atoms with E-state index in [0.717, 1.165) is 28.8 Å². The van der Waals surface area contributed by atoms with Crippen molar-refractivity contribution in [2.24, 2.45) is 0 Å². The Morgan fingerprint density at radius 3 is 2.50 bits per heavy atom. The maximum atomic E-state index is 14.3. The number of nitrogens with zero attached hydrogens (tertiary/aromatic N) is 1. The lowest BCUT2D eigenvalue weighted by Crippen LogP contribution is -2.25. The van der Waals surface area contributed by atoms with Crippen LogP contribution in [-0.4, -0.2) is 18.4 Å². The van der Waals surface area contributed by atoms with Gasteiger partial charge in [0.25, 0.3) is 5.91 Å².